The first-order valence-corrected chi connectivity index (χ1v) is 8.93. The molecule has 1 aromatic heterocycles. The molecule has 0 saturated carbocycles. The highest BCUT2D eigenvalue weighted by atomic mass is 32.1. The number of amides is 4. The van der Waals surface area contributed by atoms with Gasteiger partial charge in [-0.1, -0.05) is 6.07 Å². The Kier molecular flexibility index (Phi) is 4.95. The molecule has 3 heterocycles. The molecule has 2 saturated heterocycles. The number of nitrogens with zero attached hydrogens (tertiary/aromatic N) is 2. The molecule has 124 valence electrons. The number of aryl methyl sites for hydroxylation is 1. The molecule has 23 heavy (non-hydrogen) atoms. The monoisotopic (exact) mass is 335 g/mol. The van der Waals surface area contributed by atoms with Gasteiger partial charge in [-0.25, -0.2) is 4.79 Å². The third kappa shape index (κ3) is 3.72. The topological polar surface area (TPSA) is 69.7 Å². The summed E-state index contributed by atoms with van der Waals surface area (Å²) in [5.41, 5.74) is 0. The van der Waals surface area contributed by atoms with E-state index < -0.39 is 6.03 Å². The fraction of sp³-hybridized carbons (Fsp3) is 0.562. The molecule has 3 rings (SSSR count). The van der Waals surface area contributed by atoms with Gasteiger partial charge in [0.05, 0.1) is 6.54 Å². The highest BCUT2D eigenvalue weighted by Gasteiger charge is 2.34. The van der Waals surface area contributed by atoms with Gasteiger partial charge >= 0.3 is 6.03 Å². The third-order valence-electron chi connectivity index (χ3n) is 4.48. The molecule has 0 bridgehead atoms. The van der Waals surface area contributed by atoms with Crippen molar-refractivity contribution in [3.63, 3.8) is 0 Å². The Morgan fingerprint density at radius 1 is 1.35 bits per heavy atom. The van der Waals surface area contributed by atoms with Gasteiger partial charge in [0.1, 0.15) is 6.54 Å². The highest BCUT2D eigenvalue weighted by molar-refractivity contribution is 7.09. The van der Waals surface area contributed by atoms with E-state index in [0.29, 0.717) is 0 Å². The Balaban J connectivity index is 1.59. The van der Waals surface area contributed by atoms with Crippen LogP contribution in [0.2, 0.25) is 0 Å². The lowest BCUT2D eigenvalue weighted by atomic mass is 9.97. The Hall–Kier alpha value is -1.89. The second-order valence-corrected chi connectivity index (χ2v) is 7.03. The van der Waals surface area contributed by atoms with Crippen molar-refractivity contribution in [1.82, 2.24) is 15.1 Å². The lowest BCUT2D eigenvalue weighted by Gasteiger charge is -2.36. The number of rotatable bonds is 5. The second kappa shape index (κ2) is 7.12. The third-order valence-corrected chi connectivity index (χ3v) is 5.42. The van der Waals surface area contributed by atoms with Crippen LogP contribution >= 0.6 is 11.3 Å². The summed E-state index contributed by atoms with van der Waals surface area (Å²) >= 11 is 1.74. The molecule has 2 aliphatic rings. The summed E-state index contributed by atoms with van der Waals surface area (Å²) in [6.07, 6.45) is 5.02. The van der Waals surface area contributed by atoms with Crippen LogP contribution in [0.15, 0.2) is 17.5 Å². The van der Waals surface area contributed by atoms with Gasteiger partial charge in [0.2, 0.25) is 5.91 Å². The van der Waals surface area contributed by atoms with E-state index in [9.17, 15) is 14.4 Å². The van der Waals surface area contributed by atoms with Crippen molar-refractivity contribution in [2.24, 2.45) is 0 Å². The van der Waals surface area contributed by atoms with Gasteiger partial charge < -0.3 is 10.2 Å². The minimum Gasteiger partial charge on any atom is -0.338 e. The zero-order valence-corrected chi connectivity index (χ0v) is 13.8. The Morgan fingerprint density at radius 2 is 2.22 bits per heavy atom. The van der Waals surface area contributed by atoms with Gasteiger partial charge in [0.15, 0.2) is 0 Å². The Bertz CT molecular complexity index is 571. The number of piperidine rings is 1. The maximum absolute atomic E-state index is 12.6. The van der Waals surface area contributed by atoms with Gasteiger partial charge in [0.25, 0.3) is 5.91 Å². The molecule has 1 aromatic rings. The summed E-state index contributed by atoms with van der Waals surface area (Å²) in [5.74, 6) is -0.443. The van der Waals surface area contributed by atoms with Crippen molar-refractivity contribution in [2.45, 2.75) is 38.1 Å². The highest BCUT2D eigenvalue weighted by Crippen LogP contribution is 2.23. The van der Waals surface area contributed by atoms with E-state index in [1.165, 1.54) is 4.88 Å². The number of imide groups is 1. The molecule has 1 unspecified atom stereocenters. The summed E-state index contributed by atoms with van der Waals surface area (Å²) in [6.45, 7) is 0.575. The molecule has 0 aliphatic carbocycles. The largest absolute Gasteiger partial charge is 0.338 e. The first-order chi connectivity index (χ1) is 11.1. The van der Waals surface area contributed by atoms with E-state index in [1.807, 2.05) is 11.0 Å². The first kappa shape index (κ1) is 16.0. The predicted molar refractivity (Wildman–Crippen MR) is 87.1 cm³/mol. The maximum Gasteiger partial charge on any atom is 0.325 e. The molecule has 2 aliphatic heterocycles. The van der Waals surface area contributed by atoms with Crippen LogP contribution in [0, 0.1) is 0 Å². The summed E-state index contributed by atoms with van der Waals surface area (Å²) in [7, 11) is 0. The zero-order valence-electron chi connectivity index (χ0n) is 13.0. The number of carbonyl (C=O) groups excluding carboxylic acids is 3. The lowest BCUT2D eigenvalue weighted by Crippen LogP contribution is -2.49. The average Bonchev–Trinajstić information content (AvgIpc) is 3.18. The van der Waals surface area contributed by atoms with Crippen molar-refractivity contribution in [3.8, 4) is 0 Å². The standard InChI is InChI=1S/C16H21N3O3S/c20-14-10-17-16(22)19(14)11-15(21)18-8-2-1-4-12(18)6-7-13-5-3-9-23-13/h3,5,9,12H,1-2,4,6-8,10-11H2,(H,17,22). The van der Waals surface area contributed by atoms with Gasteiger partial charge in [-0.15, -0.1) is 11.3 Å². The van der Waals surface area contributed by atoms with Crippen LogP contribution < -0.4 is 5.32 Å². The van der Waals surface area contributed by atoms with Crippen LogP contribution in [0.3, 0.4) is 0 Å². The summed E-state index contributed by atoms with van der Waals surface area (Å²) in [6, 6.07) is 3.91. The summed E-state index contributed by atoms with van der Waals surface area (Å²) < 4.78 is 0. The fourth-order valence-corrected chi connectivity index (χ4v) is 3.96. The van der Waals surface area contributed by atoms with Crippen LogP contribution in [0.1, 0.15) is 30.6 Å². The molecular formula is C16H21N3O3S. The van der Waals surface area contributed by atoms with Crippen LogP contribution in [0.25, 0.3) is 0 Å². The number of hydrogen-bond acceptors (Lipinski definition) is 4. The normalized spacial score (nSPS) is 21.7. The Morgan fingerprint density at radius 3 is 2.91 bits per heavy atom. The molecule has 4 amide bonds. The lowest BCUT2D eigenvalue weighted by molar-refractivity contribution is -0.139. The van der Waals surface area contributed by atoms with Gasteiger partial charge in [-0.05, 0) is 43.6 Å². The van der Waals surface area contributed by atoms with Crippen LogP contribution in [0.4, 0.5) is 4.79 Å². The predicted octanol–water partition coefficient (Wildman–Crippen LogP) is 1.61. The van der Waals surface area contributed by atoms with E-state index in [4.69, 9.17) is 0 Å². The summed E-state index contributed by atoms with van der Waals surface area (Å²) in [5, 5.41) is 4.52. The zero-order chi connectivity index (χ0) is 16.2. The van der Waals surface area contributed by atoms with E-state index in [1.54, 1.807) is 11.3 Å². The summed E-state index contributed by atoms with van der Waals surface area (Å²) in [4.78, 5) is 40.0. The molecule has 2 fully saturated rings. The van der Waals surface area contributed by atoms with E-state index >= 15 is 0 Å². The minimum absolute atomic E-state index is 0.00603. The first-order valence-electron chi connectivity index (χ1n) is 8.05. The quantitative estimate of drug-likeness (QED) is 0.831. The second-order valence-electron chi connectivity index (χ2n) is 5.99. The molecule has 0 radical (unpaired) electrons. The Labute approximate surface area is 139 Å². The van der Waals surface area contributed by atoms with E-state index in [2.05, 4.69) is 16.8 Å². The number of urea groups is 1. The van der Waals surface area contributed by atoms with Crippen molar-refractivity contribution < 1.29 is 14.4 Å². The van der Waals surface area contributed by atoms with E-state index in [-0.39, 0.29) is 30.9 Å². The number of thiophene rings is 1. The average molecular weight is 335 g/mol. The van der Waals surface area contributed by atoms with Crippen molar-refractivity contribution in [3.05, 3.63) is 22.4 Å². The number of hydrogen-bond donors (Lipinski definition) is 1. The molecule has 7 heteroatoms. The van der Waals surface area contributed by atoms with Crippen molar-refractivity contribution >= 4 is 29.2 Å². The van der Waals surface area contributed by atoms with Crippen LogP contribution in [-0.4, -0.2) is 53.3 Å². The number of nitrogens with one attached hydrogen (secondary N) is 1. The molecule has 6 nitrogen and oxygen atoms in total. The molecular weight excluding hydrogens is 314 g/mol. The van der Waals surface area contributed by atoms with Gasteiger partial charge in [-0.3, -0.25) is 14.5 Å². The van der Waals surface area contributed by atoms with Crippen molar-refractivity contribution in [1.29, 1.82) is 0 Å². The minimum atomic E-state index is -0.463. The number of carbonyl (C=O) groups is 3. The van der Waals surface area contributed by atoms with Crippen LogP contribution in [-0.2, 0) is 16.0 Å². The van der Waals surface area contributed by atoms with Gasteiger partial charge in [-0.2, -0.15) is 0 Å². The van der Waals surface area contributed by atoms with Crippen molar-refractivity contribution in [2.75, 3.05) is 19.6 Å². The molecule has 1 N–H and O–H groups in total. The maximum atomic E-state index is 12.6. The number of likely N-dealkylation sites (tertiary alicyclic amines) is 1. The molecule has 0 spiro atoms. The molecule has 1 atom stereocenters. The van der Waals surface area contributed by atoms with E-state index in [0.717, 1.165) is 43.5 Å². The van der Waals surface area contributed by atoms with Gasteiger partial charge in [0, 0.05) is 17.5 Å². The molecule has 0 aromatic carbocycles. The fourth-order valence-electron chi connectivity index (χ4n) is 3.23. The smallest absolute Gasteiger partial charge is 0.325 e. The van der Waals surface area contributed by atoms with Crippen LogP contribution in [0.5, 0.6) is 0 Å². The SMILES string of the molecule is O=C1CNC(=O)N1CC(=O)N1CCCCC1CCc1cccs1.